The van der Waals surface area contributed by atoms with Gasteiger partial charge < -0.3 is 19.7 Å². The number of carbonyl (C=O) groups excluding carboxylic acids is 1. The molecular weight excluding hydrogens is 212 g/mol. The van der Waals surface area contributed by atoms with Crippen molar-refractivity contribution in [2.75, 3.05) is 7.05 Å². The minimum Gasteiger partial charge on any atom is -0.480 e. The average Bonchev–Trinajstić information content (AvgIpc) is 2.69. The topological polar surface area (TPSA) is 82.8 Å². The van der Waals surface area contributed by atoms with Gasteiger partial charge in [-0.25, -0.2) is 4.79 Å². The van der Waals surface area contributed by atoms with Crippen LogP contribution in [0.25, 0.3) is 0 Å². The smallest absolute Gasteiger partial charge is 0.325 e. The van der Waals surface area contributed by atoms with Crippen molar-refractivity contribution in [1.29, 1.82) is 0 Å². The Morgan fingerprint density at radius 2 is 2.31 bits per heavy atom. The summed E-state index contributed by atoms with van der Waals surface area (Å²) in [6.45, 7) is 1.70. The molecule has 1 unspecified atom stereocenters. The molecular formula is C10H14N2O4. The van der Waals surface area contributed by atoms with Gasteiger partial charge in [-0.2, -0.15) is 0 Å². The first-order valence-electron chi connectivity index (χ1n) is 4.77. The molecule has 0 saturated heterocycles. The Balaban J connectivity index is 2.45. The minimum absolute atomic E-state index is 0.297. The molecule has 0 radical (unpaired) electrons. The number of hydrogen-bond donors (Lipinski definition) is 2. The molecule has 1 atom stereocenters. The third-order valence-electron chi connectivity index (χ3n) is 2.03. The number of carboxylic acid groups (broad SMARTS) is 1. The summed E-state index contributed by atoms with van der Waals surface area (Å²) in [6, 6.07) is 2.10. The minimum atomic E-state index is -1.07. The maximum Gasteiger partial charge on any atom is 0.325 e. The molecule has 1 aromatic rings. The second-order valence-corrected chi connectivity index (χ2v) is 3.44. The standard InChI is InChI=1S/C10H14N2O4/c1-7(9(13)14)11-10(15)12(2)6-8-4-3-5-16-8/h3-5,7H,6H2,1-2H3,(H,11,15)(H,13,14). The van der Waals surface area contributed by atoms with Gasteiger partial charge in [0.25, 0.3) is 0 Å². The van der Waals surface area contributed by atoms with Crippen LogP contribution >= 0.6 is 0 Å². The van der Waals surface area contributed by atoms with Crippen LogP contribution in [0.15, 0.2) is 22.8 Å². The van der Waals surface area contributed by atoms with Crippen LogP contribution in [0.1, 0.15) is 12.7 Å². The van der Waals surface area contributed by atoms with Gasteiger partial charge in [0.1, 0.15) is 11.8 Å². The summed E-state index contributed by atoms with van der Waals surface area (Å²) in [7, 11) is 1.56. The summed E-state index contributed by atoms with van der Waals surface area (Å²) in [5, 5.41) is 11.0. The molecule has 0 aliphatic rings. The summed E-state index contributed by atoms with van der Waals surface area (Å²) < 4.78 is 5.07. The highest BCUT2D eigenvalue weighted by atomic mass is 16.4. The zero-order valence-corrected chi connectivity index (χ0v) is 9.14. The van der Waals surface area contributed by atoms with E-state index in [2.05, 4.69) is 5.32 Å². The van der Waals surface area contributed by atoms with Gasteiger partial charge in [0.15, 0.2) is 0 Å². The summed E-state index contributed by atoms with van der Waals surface area (Å²) in [4.78, 5) is 23.4. The van der Waals surface area contributed by atoms with Crippen LogP contribution in [-0.4, -0.2) is 35.1 Å². The van der Waals surface area contributed by atoms with E-state index in [9.17, 15) is 9.59 Å². The SMILES string of the molecule is CC(NC(=O)N(C)Cc1ccco1)C(=O)O. The van der Waals surface area contributed by atoms with E-state index in [0.717, 1.165) is 0 Å². The lowest BCUT2D eigenvalue weighted by molar-refractivity contribution is -0.138. The van der Waals surface area contributed by atoms with Gasteiger partial charge in [0, 0.05) is 7.05 Å². The van der Waals surface area contributed by atoms with Crippen molar-refractivity contribution < 1.29 is 19.1 Å². The largest absolute Gasteiger partial charge is 0.480 e. The third kappa shape index (κ3) is 3.30. The van der Waals surface area contributed by atoms with Crippen molar-refractivity contribution in [3.8, 4) is 0 Å². The van der Waals surface area contributed by atoms with E-state index < -0.39 is 18.0 Å². The number of carbonyl (C=O) groups is 2. The van der Waals surface area contributed by atoms with Crippen molar-refractivity contribution in [2.45, 2.75) is 19.5 Å². The fourth-order valence-electron chi connectivity index (χ4n) is 1.07. The summed E-state index contributed by atoms with van der Waals surface area (Å²) >= 11 is 0. The Bertz CT molecular complexity index is 361. The first-order chi connectivity index (χ1) is 7.50. The van der Waals surface area contributed by atoms with Gasteiger partial charge >= 0.3 is 12.0 Å². The normalized spacial score (nSPS) is 11.9. The molecule has 0 aliphatic heterocycles. The molecule has 16 heavy (non-hydrogen) atoms. The Morgan fingerprint density at radius 3 is 2.81 bits per heavy atom. The lowest BCUT2D eigenvalue weighted by atomic mass is 10.3. The number of carboxylic acids is 1. The quantitative estimate of drug-likeness (QED) is 0.798. The second kappa shape index (κ2) is 5.20. The molecule has 0 bridgehead atoms. The van der Waals surface area contributed by atoms with Crippen LogP contribution in [0.4, 0.5) is 4.79 Å². The molecule has 88 valence electrons. The summed E-state index contributed by atoms with van der Waals surface area (Å²) in [6.07, 6.45) is 1.51. The molecule has 6 nitrogen and oxygen atoms in total. The number of furan rings is 1. The Kier molecular flexibility index (Phi) is 3.93. The van der Waals surface area contributed by atoms with E-state index in [4.69, 9.17) is 9.52 Å². The van der Waals surface area contributed by atoms with Gasteiger partial charge in [-0.15, -0.1) is 0 Å². The predicted octanol–water partition coefficient (Wildman–Crippen LogP) is 0.894. The molecule has 0 aliphatic carbocycles. The first kappa shape index (κ1) is 12.1. The van der Waals surface area contributed by atoms with Gasteiger partial charge in [-0.05, 0) is 19.1 Å². The number of nitrogens with one attached hydrogen (secondary N) is 1. The van der Waals surface area contributed by atoms with Gasteiger partial charge in [0.2, 0.25) is 0 Å². The molecule has 2 amide bonds. The second-order valence-electron chi connectivity index (χ2n) is 3.44. The average molecular weight is 226 g/mol. The van der Waals surface area contributed by atoms with Crippen molar-refractivity contribution in [2.24, 2.45) is 0 Å². The summed E-state index contributed by atoms with van der Waals surface area (Å²) in [5.41, 5.74) is 0. The number of nitrogens with zero attached hydrogens (tertiary/aromatic N) is 1. The van der Waals surface area contributed by atoms with Crippen molar-refractivity contribution in [3.63, 3.8) is 0 Å². The molecule has 1 aromatic heterocycles. The maximum atomic E-state index is 11.5. The van der Waals surface area contributed by atoms with Crippen molar-refractivity contribution in [3.05, 3.63) is 24.2 Å². The molecule has 0 fully saturated rings. The molecule has 0 spiro atoms. The van der Waals surface area contributed by atoms with E-state index in [0.29, 0.717) is 12.3 Å². The third-order valence-corrected chi connectivity index (χ3v) is 2.03. The summed E-state index contributed by atoms with van der Waals surface area (Å²) in [5.74, 6) is -0.430. The number of aliphatic carboxylic acids is 1. The number of amides is 2. The Hall–Kier alpha value is -1.98. The lowest BCUT2D eigenvalue weighted by Gasteiger charge is -2.18. The van der Waals surface area contributed by atoms with E-state index >= 15 is 0 Å². The zero-order chi connectivity index (χ0) is 12.1. The molecule has 1 heterocycles. The fraction of sp³-hybridized carbons (Fsp3) is 0.400. The predicted molar refractivity (Wildman–Crippen MR) is 55.8 cm³/mol. The molecule has 6 heteroatoms. The lowest BCUT2D eigenvalue weighted by Crippen LogP contribution is -2.44. The van der Waals surface area contributed by atoms with Crippen LogP contribution in [0, 0.1) is 0 Å². The highest BCUT2D eigenvalue weighted by Crippen LogP contribution is 2.03. The number of hydrogen-bond acceptors (Lipinski definition) is 3. The van der Waals surface area contributed by atoms with Gasteiger partial charge in [0.05, 0.1) is 12.8 Å². The Labute approximate surface area is 92.8 Å². The maximum absolute atomic E-state index is 11.5. The van der Waals surface area contributed by atoms with E-state index in [1.165, 1.54) is 18.1 Å². The number of urea groups is 1. The van der Waals surface area contributed by atoms with E-state index in [1.54, 1.807) is 19.2 Å². The van der Waals surface area contributed by atoms with Crippen molar-refractivity contribution >= 4 is 12.0 Å². The number of rotatable bonds is 4. The van der Waals surface area contributed by atoms with Crippen LogP contribution in [0.5, 0.6) is 0 Å². The molecule has 1 rings (SSSR count). The van der Waals surface area contributed by atoms with Crippen LogP contribution in [0.3, 0.4) is 0 Å². The molecule has 0 saturated carbocycles. The Morgan fingerprint density at radius 1 is 1.62 bits per heavy atom. The van der Waals surface area contributed by atoms with Crippen LogP contribution < -0.4 is 5.32 Å². The van der Waals surface area contributed by atoms with Crippen molar-refractivity contribution in [1.82, 2.24) is 10.2 Å². The van der Waals surface area contributed by atoms with Crippen LogP contribution in [-0.2, 0) is 11.3 Å². The van der Waals surface area contributed by atoms with Gasteiger partial charge in [-0.3, -0.25) is 4.79 Å². The molecule has 0 aromatic carbocycles. The van der Waals surface area contributed by atoms with Crippen LogP contribution in [0.2, 0.25) is 0 Å². The molecule has 2 N–H and O–H groups in total. The van der Waals surface area contributed by atoms with E-state index in [-0.39, 0.29) is 0 Å². The fourth-order valence-corrected chi connectivity index (χ4v) is 1.07. The highest BCUT2D eigenvalue weighted by molar-refractivity contribution is 5.82. The van der Waals surface area contributed by atoms with Gasteiger partial charge in [-0.1, -0.05) is 0 Å². The highest BCUT2D eigenvalue weighted by Gasteiger charge is 2.17. The zero-order valence-electron chi connectivity index (χ0n) is 9.14. The van der Waals surface area contributed by atoms with E-state index in [1.807, 2.05) is 0 Å². The first-order valence-corrected chi connectivity index (χ1v) is 4.77. The monoisotopic (exact) mass is 226 g/mol.